The highest BCUT2D eigenvalue weighted by Crippen LogP contribution is 2.34. The van der Waals surface area contributed by atoms with E-state index in [2.05, 4.69) is 22.2 Å². The van der Waals surface area contributed by atoms with Gasteiger partial charge in [0.05, 0.1) is 0 Å². The van der Waals surface area contributed by atoms with Crippen LogP contribution in [0.4, 0.5) is 0 Å². The fourth-order valence-electron chi connectivity index (χ4n) is 0.324. The van der Waals surface area contributed by atoms with Crippen LogP contribution in [0.15, 0.2) is 24.7 Å². The van der Waals surface area contributed by atoms with Crippen molar-refractivity contribution in [1.82, 2.24) is 0 Å². The van der Waals surface area contributed by atoms with E-state index in [0.29, 0.717) is 0 Å². The lowest BCUT2D eigenvalue weighted by molar-refractivity contribution is 0.316. The van der Waals surface area contributed by atoms with Crippen LogP contribution in [0.2, 0.25) is 0 Å². The minimum atomic E-state index is -2.86. The smallest absolute Gasteiger partial charge is 0.418 e. The van der Waals surface area contributed by atoms with Crippen molar-refractivity contribution in [2.75, 3.05) is 0 Å². The van der Waals surface area contributed by atoms with Crippen molar-refractivity contribution in [2.45, 2.75) is 9.67 Å². The zero-order valence-electron chi connectivity index (χ0n) is 6.81. The van der Waals surface area contributed by atoms with E-state index in [1.807, 2.05) is 0 Å². The summed E-state index contributed by atoms with van der Waals surface area (Å²) in [6.45, 7) is 6.62. The molecule has 0 radical (unpaired) electrons. The van der Waals surface area contributed by atoms with Crippen LogP contribution in [0.3, 0.4) is 0 Å². The Morgan fingerprint density at radius 2 is 1.29 bits per heavy atom. The molecule has 0 atom stereocenters. The molecule has 0 bridgehead atoms. The third kappa shape index (κ3) is 6.05. The predicted molar refractivity (Wildman–Crippen MR) is 60.4 cm³/mol. The van der Waals surface area contributed by atoms with Gasteiger partial charge in [0.15, 0.2) is 9.67 Å². The van der Waals surface area contributed by atoms with Crippen LogP contribution < -0.4 is 0 Å². The molecule has 0 aromatic rings. The molecular weight excluding hydrogens is 293 g/mol. The van der Waals surface area contributed by atoms with Crippen LogP contribution in [-0.2, 0) is 13.6 Å². The molecule has 0 aliphatic rings. The van der Waals surface area contributed by atoms with Crippen molar-refractivity contribution in [1.29, 1.82) is 0 Å². The number of hydrogen-bond donors (Lipinski definition) is 0. The molecule has 0 aliphatic heterocycles. The van der Waals surface area contributed by atoms with Gasteiger partial charge in [-0.15, -0.1) is 0 Å². The van der Waals surface area contributed by atoms with Crippen LogP contribution in [0, 0.1) is 0 Å². The predicted octanol–water partition coefficient (Wildman–Crippen LogP) is 4.04. The first kappa shape index (κ1) is 14.5. The highest BCUT2D eigenvalue weighted by atomic mass is 35.5. The molecule has 0 aliphatic carbocycles. The summed E-state index contributed by atoms with van der Waals surface area (Å²) in [5.74, 6) is -0.156. The molecule has 0 N–H and O–H groups in total. The first-order valence-corrected chi connectivity index (χ1v) is 6.15. The number of rotatable bonds is 6. The number of halogens is 4. The molecule has 0 heterocycles. The molecule has 3 nitrogen and oxygen atoms in total. The Bertz CT molecular complexity index is 229. The van der Waals surface area contributed by atoms with Gasteiger partial charge in [0.25, 0.3) is 0 Å². The first-order chi connectivity index (χ1) is 6.34. The van der Waals surface area contributed by atoms with Gasteiger partial charge in [0.1, 0.15) is 11.5 Å². The second-order valence-corrected chi connectivity index (χ2v) is 5.09. The summed E-state index contributed by atoms with van der Waals surface area (Å²) >= 11 is 21.4. The Hall–Kier alpha value is 0.470. The topological polar surface area (TPSA) is 35.5 Å². The van der Waals surface area contributed by atoms with E-state index in [1.165, 1.54) is 0 Å². The van der Waals surface area contributed by atoms with E-state index in [1.54, 1.807) is 0 Å². The molecule has 8 heteroatoms. The fraction of sp³-hybridized carbons (Fsp3) is 0.333. The zero-order chi connectivity index (χ0) is 11.3. The normalized spacial score (nSPS) is 10.8. The van der Waals surface area contributed by atoms with E-state index in [9.17, 15) is 4.57 Å². The van der Waals surface area contributed by atoms with E-state index in [-0.39, 0.29) is 11.5 Å². The molecule has 0 aromatic heterocycles. The summed E-state index contributed by atoms with van der Waals surface area (Å²) in [5.41, 5.74) is 0. The van der Waals surface area contributed by atoms with E-state index in [0.717, 1.165) is 0 Å². The highest BCUT2D eigenvalue weighted by Gasteiger charge is 2.14. The van der Waals surface area contributed by atoms with Crippen molar-refractivity contribution in [2.24, 2.45) is 0 Å². The van der Waals surface area contributed by atoms with Gasteiger partial charge in [-0.05, 0) is 0 Å². The summed E-state index contributed by atoms with van der Waals surface area (Å²) in [4.78, 5) is -1.97. The van der Waals surface area contributed by atoms with Gasteiger partial charge in [-0.1, -0.05) is 59.6 Å². The molecular formula is C6H7Cl4O3P. The Morgan fingerprint density at radius 3 is 1.50 bits per heavy atom. The van der Waals surface area contributed by atoms with E-state index < -0.39 is 17.9 Å². The Kier molecular flexibility index (Phi) is 7.09. The lowest BCUT2D eigenvalue weighted by Crippen LogP contribution is -1.97. The lowest BCUT2D eigenvalue weighted by Gasteiger charge is -2.11. The van der Waals surface area contributed by atoms with Crippen LogP contribution in [0.1, 0.15) is 0 Å². The van der Waals surface area contributed by atoms with E-state index >= 15 is 0 Å². The minimum absolute atomic E-state index is 0.0780. The first-order valence-electron chi connectivity index (χ1n) is 3.18. The molecule has 0 rings (SSSR count). The van der Waals surface area contributed by atoms with Gasteiger partial charge in [-0.3, -0.25) is 0 Å². The van der Waals surface area contributed by atoms with Crippen LogP contribution >= 0.6 is 54.7 Å². The van der Waals surface area contributed by atoms with Crippen LogP contribution in [0.25, 0.3) is 0 Å². The van der Waals surface area contributed by atoms with Gasteiger partial charge in [-0.25, -0.2) is 4.57 Å². The van der Waals surface area contributed by atoms with E-state index in [4.69, 9.17) is 46.4 Å². The monoisotopic (exact) mass is 298 g/mol. The molecule has 0 spiro atoms. The third-order valence-corrected chi connectivity index (χ3v) is 2.75. The lowest BCUT2D eigenvalue weighted by atomic mass is 10.7. The van der Waals surface area contributed by atoms with Crippen LogP contribution in [0.5, 0.6) is 0 Å². The Morgan fingerprint density at radius 1 is 1.00 bits per heavy atom. The standard InChI is InChI=1S/C6H7Cl4O3P/c1-3(5(7)8)12-14(11)13-4(2)6(9)10/h5-6,14H,1-2H2. The average Bonchev–Trinajstić information content (AvgIpc) is 2.03. The summed E-state index contributed by atoms with van der Waals surface area (Å²) in [7, 11) is -2.86. The average molecular weight is 300 g/mol. The largest absolute Gasteiger partial charge is 0.420 e. The van der Waals surface area contributed by atoms with Crippen molar-refractivity contribution < 1.29 is 13.6 Å². The molecule has 0 aromatic carbocycles. The summed E-state index contributed by atoms with van der Waals surface area (Å²) in [6.07, 6.45) is 0. The maximum absolute atomic E-state index is 11.1. The second kappa shape index (κ2) is 6.86. The second-order valence-electron chi connectivity index (χ2n) is 1.99. The van der Waals surface area contributed by atoms with Crippen molar-refractivity contribution in [3.8, 4) is 0 Å². The third-order valence-electron chi connectivity index (χ3n) is 0.916. The SMILES string of the molecule is C=C(O[PH](=O)OC(=C)C(Cl)Cl)C(Cl)Cl. The number of allylic oxidation sites excluding steroid dienone is 2. The van der Waals surface area contributed by atoms with Crippen LogP contribution in [-0.4, -0.2) is 9.67 Å². The molecule has 82 valence electrons. The maximum atomic E-state index is 11.1. The fourth-order valence-corrected chi connectivity index (χ4v) is 1.51. The van der Waals surface area contributed by atoms with Gasteiger partial charge >= 0.3 is 8.25 Å². The summed E-state index contributed by atoms with van der Waals surface area (Å²) in [5, 5.41) is 0. The molecule has 0 saturated heterocycles. The van der Waals surface area contributed by atoms with Crippen molar-refractivity contribution >= 4 is 54.7 Å². The quantitative estimate of drug-likeness (QED) is 0.422. The summed E-state index contributed by atoms with van der Waals surface area (Å²) < 4.78 is 20.3. The number of hydrogen-bond acceptors (Lipinski definition) is 3. The van der Waals surface area contributed by atoms with Gasteiger partial charge in [-0.2, -0.15) is 0 Å². The molecule has 0 unspecified atom stereocenters. The number of alkyl halides is 4. The highest BCUT2D eigenvalue weighted by molar-refractivity contribution is 7.33. The Labute approximate surface area is 103 Å². The molecule has 0 saturated carbocycles. The minimum Gasteiger partial charge on any atom is -0.420 e. The molecule has 14 heavy (non-hydrogen) atoms. The van der Waals surface area contributed by atoms with Gasteiger partial charge < -0.3 is 9.05 Å². The van der Waals surface area contributed by atoms with Gasteiger partial charge in [0.2, 0.25) is 0 Å². The van der Waals surface area contributed by atoms with Crippen molar-refractivity contribution in [3.05, 3.63) is 24.7 Å². The maximum Gasteiger partial charge on any atom is 0.418 e. The van der Waals surface area contributed by atoms with Gasteiger partial charge in [0, 0.05) is 0 Å². The summed E-state index contributed by atoms with van der Waals surface area (Å²) in [6, 6.07) is 0. The Balaban J connectivity index is 4.00. The zero-order valence-corrected chi connectivity index (χ0v) is 10.8. The van der Waals surface area contributed by atoms with Crippen molar-refractivity contribution in [3.63, 3.8) is 0 Å². The molecule has 0 fully saturated rings. The molecule has 0 amide bonds.